The zero-order valence-electron chi connectivity index (χ0n) is 20.6. The summed E-state index contributed by atoms with van der Waals surface area (Å²) in [4.78, 5) is 32.0. The molecule has 0 N–H and O–H groups in total. The van der Waals surface area contributed by atoms with Crippen molar-refractivity contribution in [1.82, 2.24) is 9.80 Å². The summed E-state index contributed by atoms with van der Waals surface area (Å²) in [5, 5.41) is 2.13. The number of methoxy groups -OCH3 is 1. The number of carbonyl (C=O) groups is 2. The molecule has 184 valence electrons. The van der Waals surface area contributed by atoms with Crippen molar-refractivity contribution in [2.24, 2.45) is 5.92 Å². The Balaban J connectivity index is 1.49. The number of thiophene rings is 1. The van der Waals surface area contributed by atoms with Crippen LogP contribution in [-0.2, 0) is 20.7 Å². The summed E-state index contributed by atoms with van der Waals surface area (Å²) < 4.78 is 5.22. The molecule has 2 aromatic rings. The van der Waals surface area contributed by atoms with Gasteiger partial charge in [0.05, 0.1) is 12.6 Å². The van der Waals surface area contributed by atoms with Gasteiger partial charge in [-0.3, -0.25) is 9.59 Å². The molecular weight excluding hydrogens is 444 g/mol. The van der Waals surface area contributed by atoms with Crippen molar-refractivity contribution in [2.45, 2.75) is 64.3 Å². The third kappa shape index (κ3) is 6.08. The second-order valence-corrected chi connectivity index (χ2v) is 10.8. The van der Waals surface area contributed by atoms with E-state index in [1.807, 2.05) is 4.90 Å². The fourth-order valence-corrected chi connectivity index (χ4v) is 6.33. The van der Waals surface area contributed by atoms with E-state index in [0.29, 0.717) is 32.0 Å². The third-order valence-corrected chi connectivity index (χ3v) is 8.37. The molecule has 2 aliphatic rings. The Morgan fingerprint density at radius 1 is 1.15 bits per heavy atom. The quantitative estimate of drug-likeness (QED) is 0.428. The number of amides is 2. The van der Waals surface area contributed by atoms with Gasteiger partial charge in [-0.2, -0.15) is 0 Å². The molecule has 1 atom stereocenters. The molecular formula is C28H38N2O3S. The first kappa shape index (κ1) is 24.9. The standard InChI is InChI=1S/C28H38N2O3S/c1-21-8-11-23(12-9-21)28-24-15-19-34-25(24)14-17-30(28)27(32)20-29(16-5-18-33-2)26(31)13-10-22-6-3-4-7-22/h8-9,11-12,15,19,22,28H,3-7,10,13-14,16-18,20H2,1-2H3. The van der Waals surface area contributed by atoms with Gasteiger partial charge in [0.2, 0.25) is 11.8 Å². The van der Waals surface area contributed by atoms with E-state index in [1.54, 1.807) is 23.3 Å². The lowest BCUT2D eigenvalue weighted by molar-refractivity contribution is -0.142. The molecule has 5 nitrogen and oxygen atoms in total. The molecule has 0 saturated heterocycles. The van der Waals surface area contributed by atoms with Gasteiger partial charge in [-0.15, -0.1) is 11.3 Å². The summed E-state index contributed by atoms with van der Waals surface area (Å²) in [6.07, 6.45) is 8.16. The molecule has 4 rings (SSSR count). The summed E-state index contributed by atoms with van der Waals surface area (Å²) in [6, 6.07) is 10.6. The number of fused-ring (bicyclic) bond motifs is 1. The molecule has 1 fully saturated rings. The maximum Gasteiger partial charge on any atom is 0.242 e. The number of carbonyl (C=O) groups excluding carboxylic acids is 2. The normalized spacial score (nSPS) is 18.2. The van der Waals surface area contributed by atoms with Gasteiger partial charge in [0, 0.05) is 38.1 Å². The molecule has 0 spiro atoms. The van der Waals surface area contributed by atoms with Gasteiger partial charge in [-0.25, -0.2) is 0 Å². The molecule has 34 heavy (non-hydrogen) atoms. The largest absolute Gasteiger partial charge is 0.385 e. The SMILES string of the molecule is COCCCN(CC(=O)N1CCc2sccc2C1c1ccc(C)cc1)C(=O)CCC1CCCC1. The van der Waals surface area contributed by atoms with Crippen LogP contribution in [0, 0.1) is 12.8 Å². The predicted octanol–water partition coefficient (Wildman–Crippen LogP) is 5.37. The molecule has 1 saturated carbocycles. The highest BCUT2D eigenvalue weighted by Crippen LogP contribution is 2.38. The van der Waals surface area contributed by atoms with E-state index in [9.17, 15) is 9.59 Å². The molecule has 1 aromatic heterocycles. The maximum atomic E-state index is 13.7. The maximum absolute atomic E-state index is 13.7. The van der Waals surface area contributed by atoms with Crippen LogP contribution in [0.4, 0.5) is 0 Å². The van der Waals surface area contributed by atoms with E-state index in [4.69, 9.17) is 4.74 Å². The van der Waals surface area contributed by atoms with E-state index in [-0.39, 0.29) is 24.4 Å². The molecule has 1 aliphatic carbocycles. The first-order chi connectivity index (χ1) is 16.6. The van der Waals surface area contributed by atoms with Crippen molar-refractivity contribution >= 4 is 23.2 Å². The van der Waals surface area contributed by atoms with Gasteiger partial charge in [0.25, 0.3) is 0 Å². The topological polar surface area (TPSA) is 49.9 Å². The first-order valence-corrected chi connectivity index (χ1v) is 13.6. The van der Waals surface area contributed by atoms with Crippen molar-refractivity contribution in [3.63, 3.8) is 0 Å². The van der Waals surface area contributed by atoms with Gasteiger partial charge in [-0.05, 0) is 54.7 Å². The van der Waals surface area contributed by atoms with Crippen molar-refractivity contribution in [3.05, 3.63) is 57.3 Å². The number of benzene rings is 1. The highest BCUT2D eigenvalue weighted by Gasteiger charge is 2.34. The van der Waals surface area contributed by atoms with Crippen LogP contribution in [-0.4, -0.2) is 55.0 Å². The van der Waals surface area contributed by atoms with E-state index >= 15 is 0 Å². The molecule has 1 aliphatic heterocycles. The highest BCUT2D eigenvalue weighted by atomic mass is 32.1. The van der Waals surface area contributed by atoms with Gasteiger partial charge in [-0.1, -0.05) is 55.5 Å². The highest BCUT2D eigenvalue weighted by molar-refractivity contribution is 7.10. The van der Waals surface area contributed by atoms with Gasteiger partial charge in [0.15, 0.2) is 0 Å². The molecule has 2 heterocycles. The third-order valence-electron chi connectivity index (χ3n) is 7.38. The Bertz CT molecular complexity index is 949. The Morgan fingerprint density at radius 2 is 1.91 bits per heavy atom. The van der Waals surface area contributed by atoms with Crippen LogP contribution in [0.5, 0.6) is 0 Å². The van der Waals surface area contributed by atoms with E-state index < -0.39 is 0 Å². The monoisotopic (exact) mass is 482 g/mol. The first-order valence-electron chi connectivity index (χ1n) is 12.8. The van der Waals surface area contributed by atoms with E-state index in [2.05, 4.69) is 42.6 Å². The Morgan fingerprint density at radius 3 is 2.65 bits per heavy atom. The summed E-state index contributed by atoms with van der Waals surface area (Å²) >= 11 is 1.78. The number of hydrogen-bond acceptors (Lipinski definition) is 4. The number of ether oxygens (including phenoxy) is 1. The second kappa shape index (κ2) is 12.0. The van der Waals surface area contributed by atoms with Crippen LogP contribution in [0.25, 0.3) is 0 Å². The summed E-state index contributed by atoms with van der Waals surface area (Å²) in [5.41, 5.74) is 3.57. The van der Waals surface area contributed by atoms with Crippen molar-refractivity contribution in [3.8, 4) is 0 Å². The minimum absolute atomic E-state index is 0.0362. The Hall–Kier alpha value is -2.18. The lowest BCUT2D eigenvalue weighted by atomic mass is 9.92. The van der Waals surface area contributed by atoms with Gasteiger partial charge < -0.3 is 14.5 Å². The lowest BCUT2D eigenvalue weighted by Crippen LogP contribution is -2.47. The van der Waals surface area contributed by atoms with Gasteiger partial charge >= 0.3 is 0 Å². The number of rotatable bonds is 10. The average Bonchev–Trinajstić information content (AvgIpc) is 3.54. The van der Waals surface area contributed by atoms with E-state index in [0.717, 1.165) is 24.8 Å². The lowest BCUT2D eigenvalue weighted by Gasteiger charge is -2.37. The Kier molecular flexibility index (Phi) is 8.79. The number of hydrogen-bond donors (Lipinski definition) is 0. The van der Waals surface area contributed by atoms with Crippen LogP contribution in [0.1, 0.15) is 72.6 Å². The van der Waals surface area contributed by atoms with Crippen molar-refractivity contribution in [2.75, 3.05) is 33.4 Å². The minimum Gasteiger partial charge on any atom is -0.385 e. The summed E-state index contributed by atoms with van der Waals surface area (Å²) in [7, 11) is 1.68. The molecule has 0 bridgehead atoms. The van der Waals surface area contributed by atoms with Crippen LogP contribution in [0.2, 0.25) is 0 Å². The molecule has 6 heteroatoms. The van der Waals surface area contributed by atoms with Crippen LogP contribution in [0.15, 0.2) is 35.7 Å². The van der Waals surface area contributed by atoms with Crippen LogP contribution < -0.4 is 0 Å². The van der Waals surface area contributed by atoms with Crippen molar-refractivity contribution < 1.29 is 14.3 Å². The van der Waals surface area contributed by atoms with E-state index in [1.165, 1.54) is 41.7 Å². The fraction of sp³-hybridized carbons (Fsp3) is 0.571. The summed E-state index contributed by atoms with van der Waals surface area (Å²) in [6.45, 7) is 4.07. The number of aryl methyl sites for hydroxylation is 1. The molecule has 1 aromatic carbocycles. The smallest absolute Gasteiger partial charge is 0.242 e. The van der Waals surface area contributed by atoms with Crippen molar-refractivity contribution in [1.29, 1.82) is 0 Å². The van der Waals surface area contributed by atoms with Crippen LogP contribution >= 0.6 is 11.3 Å². The van der Waals surface area contributed by atoms with Crippen LogP contribution in [0.3, 0.4) is 0 Å². The number of nitrogens with zero attached hydrogens (tertiary/aromatic N) is 2. The minimum atomic E-state index is -0.0856. The predicted molar refractivity (Wildman–Crippen MR) is 137 cm³/mol. The second-order valence-electron chi connectivity index (χ2n) is 9.80. The van der Waals surface area contributed by atoms with Gasteiger partial charge in [0.1, 0.15) is 0 Å². The zero-order valence-corrected chi connectivity index (χ0v) is 21.4. The zero-order chi connectivity index (χ0) is 23.9. The molecule has 0 radical (unpaired) electrons. The summed E-state index contributed by atoms with van der Waals surface area (Å²) in [5.74, 6) is 0.816. The Labute approximate surface area is 208 Å². The molecule has 1 unspecified atom stereocenters. The fourth-order valence-electron chi connectivity index (χ4n) is 5.42. The molecule has 2 amide bonds. The average molecular weight is 483 g/mol.